The van der Waals surface area contributed by atoms with Crippen molar-refractivity contribution in [2.45, 2.75) is 46.1 Å². The SMILES string of the molecule is CCCCC(NC)c1c(C)cc(C)cc1OC. The van der Waals surface area contributed by atoms with Crippen LogP contribution in [0, 0.1) is 13.8 Å². The van der Waals surface area contributed by atoms with Gasteiger partial charge in [-0.1, -0.05) is 25.8 Å². The van der Waals surface area contributed by atoms with E-state index in [9.17, 15) is 0 Å². The van der Waals surface area contributed by atoms with Crippen LogP contribution in [0.1, 0.15) is 48.9 Å². The Morgan fingerprint density at radius 2 is 2.00 bits per heavy atom. The summed E-state index contributed by atoms with van der Waals surface area (Å²) in [7, 11) is 3.78. The number of hydrogen-bond acceptors (Lipinski definition) is 2. The summed E-state index contributed by atoms with van der Waals surface area (Å²) in [6.45, 7) is 6.51. The zero-order valence-corrected chi connectivity index (χ0v) is 11.8. The van der Waals surface area contributed by atoms with Crippen LogP contribution >= 0.6 is 0 Å². The molecule has 0 spiro atoms. The van der Waals surface area contributed by atoms with Gasteiger partial charge < -0.3 is 10.1 Å². The number of ether oxygens (including phenoxy) is 1. The topological polar surface area (TPSA) is 21.3 Å². The molecule has 1 atom stereocenters. The maximum absolute atomic E-state index is 5.53. The first kappa shape index (κ1) is 14.0. The van der Waals surface area contributed by atoms with Gasteiger partial charge in [-0.15, -0.1) is 0 Å². The standard InChI is InChI=1S/C15H25NO/c1-6-7-8-13(16-4)15-12(3)9-11(2)10-14(15)17-5/h9-10,13,16H,6-8H2,1-5H3. The largest absolute Gasteiger partial charge is 0.496 e. The normalized spacial score (nSPS) is 12.5. The van der Waals surface area contributed by atoms with E-state index in [-0.39, 0.29) is 0 Å². The molecule has 1 aromatic rings. The van der Waals surface area contributed by atoms with Crippen molar-refractivity contribution in [1.29, 1.82) is 0 Å². The molecular formula is C15H25NO. The fourth-order valence-corrected chi connectivity index (χ4v) is 2.40. The predicted octanol–water partition coefficient (Wildman–Crippen LogP) is 3.76. The average molecular weight is 235 g/mol. The van der Waals surface area contributed by atoms with Gasteiger partial charge in [-0.25, -0.2) is 0 Å². The molecule has 0 saturated heterocycles. The molecule has 1 aromatic carbocycles. The Kier molecular flexibility index (Phi) is 5.49. The van der Waals surface area contributed by atoms with Crippen LogP contribution in [-0.2, 0) is 0 Å². The second-order valence-electron chi connectivity index (χ2n) is 4.68. The van der Waals surface area contributed by atoms with E-state index >= 15 is 0 Å². The predicted molar refractivity (Wildman–Crippen MR) is 73.8 cm³/mol. The van der Waals surface area contributed by atoms with E-state index in [1.807, 2.05) is 7.05 Å². The van der Waals surface area contributed by atoms with Crippen molar-refractivity contribution < 1.29 is 4.74 Å². The summed E-state index contributed by atoms with van der Waals surface area (Å²) in [4.78, 5) is 0. The van der Waals surface area contributed by atoms with Crippen molar-refractivity contribution in [3.8, 4) is 5.75 Å². The second-order valence-corrected chi connectivity index (χ2v) is 4.68. The summed E-state index contributed by atoms with van der Waals surface area (Å²) in [5.74, 6) is 1.01. The molecule has 0 aliphatic carbocycles. The smallest absolute Gasteiger partial charge is 0.124 e. The van der Waals surface area contributed by atoms with Gasteiger partial charge in [0.2, 0.25) is 0 Å². The summed E-state index contributed by atoms with van der Waals surface area (Å²) in [6, 6.07) is 4.75. The van der Waals surface area contributed by atoms with E-state index in [2.05, 4.69) is 38.2 Å². The van der Waals surface area contributed by atoms with Crippen LogP contribution in [0.2, 0.25) is 0 Å². The van der Waals surface area contributed by atoms with Crippen LogP contribution in [0.3, 0.4) is 0 Å². The van der Waals surface area contributed by atoms with Gasteiger partial charge in [0.1, 0.15) is 5.75 Å². The summed E-state index contributed by atoms with van der Waals surface area (Å²) >= 11 is 0. The maximum Gasteiger partial charge on any atom is 0.124 e. The lowest BCUT2D eigenvalue weighted by Gasteiger charge is -2.22. The number of methoxy groups -OCH3 is 1. The van der Waals surface area contributed by atoms with E-state index in [1.54, 1.807) is 7.11 Å². The number of benzene rings is 1. The van der Waals surface area contributed by atoms with Gasteiger partial charge in [0.15, 0.2) is 0 Å². The molecule has 0 aliphatic heterocycles. The third-order valence-electron chi connectivity index (χ3n) is 3.26. The molecule has 0 heterocycles. The number of nitrogens with one attached hydrogen (secondary N) is 1. The van der Waals surface area contributed by atoms with Crippen molar-refractivity contribution in [3.05, 3.63) is 28.8 Å². The van der Waals surface area contributed by atoms with Crippen molar-refractivity contribution >= 4 is 0 Å². The van der Waals surface area contributed by atoms with Crippen LogP contribution in [-0.4, -0.2) is 14.2 Å². The quantitative estimate of drug-likeness (QED) is 0.810. The average Bonchev–Trinajstić information content (AvgIpc) is 2.31. The monoisotopic (exact) mass is 235 g/mol. The molecule has 0 fully saturated rings. The Bertz CT molecular complexity index is 360. The molecule has 2 heteroatoms. The third kappa shape index (κ3) is 3.47. The molecule has 1 rings (SSSR count). The zero-order valence-electron chi connectivity index (χ0n) is 11.8. The minimum absolute atomic E-state index is 0.394. The van der Waals surface area contributed by atoms with E-state index in [0.29, 0.717) is 6.04 Å². The van der Waals surface area contributed by atoms with Gasteiger partial charge in [-0.05, 0) is 44.5 Å². The Hall–Kier alpha value is -1.02. The highest BCUT2D eigenvalue weighted by Crippen LogP contribution is 2.32. The van der Waals surface area contributed by atoms with Crippen molar-refractivity contribution in [2.75, 3.05) is 14.2 Å². The van der Waals surface area contributed by atoms with Crippen LogP contribution < -0.4 is 10.1 Å². The van der Waals surface area contributed by atoms with E-state index < -0.39 is 0 Å². The third-order valence-corrected chi connectivity index (χ3v) is 3.26. The minimum atomic E-state index is 0.394. The molecule has 1 N–H and O–H groups in total. The lowest BCUT2D eigenvalue weighted by atomic mass is 9.94. The van der Waals surface area contributed by atoms with Crippen molar-refractivity contribution in [1.82, 2.24) is 5.32 Å². The van der Waals surface area contributed by atoms with Gasteiger partial charge >= 0.3 is 0 Å². The summed E-state index contributed by atoms with van der Waals surface area (Å²) in [6.07, 6.45) is 3.63. The van der Waals surface area contributed by atoms with Crippen LogP contribution in [0.5, 0.6) is 5.75 Å². The highest BCUT2D eigenvalue weighted by Gasteiger charge is 2.16. The molecule has 96 valence electrons. The van der Waals surface area contributed by atoms with E-state index in [1.165, 1.54) is 29.5 Å². The van der Waals surface area contributed by atoms with E-state index in [0.717, 1.165) is 12.2 Å². The fourth-order valence-electron chi connectivity index (χ4n) is 2.40. The minimum Gasteiger partial charge on any atom is -0.496 e. The second kappa shape index (κ2) is 6.65. The molecular weight excluding hydrogens is 210 g/mol. The molecule has 0 aliphatic rings. The van der Waals surface area contributed by atoms with Gasteiger partial charge in [0, 0.05) is 11.6 Å². The van der Waals surface area contributed by atoms with Gasteiger partial charge in [-0.3, -0.25) is 0 Å². The van der Waals surface area contributed by atoms with Crippen molar-refractivity contribution in [3.63, 3.8) is 0 Å². The first-order chi connectivity index (χ1) is 8.13. The highest BCUT2D eigenvalue weighted by molar-refractivity contribution is 5.45. The number of unbranched alkanes of at least 4 members (excludes halogenated alkanes) is 1. The molecule has 0 bridgehead atoms. The molecule has 1 unspecified atom stereocenters. The molecule has 17 heavy (non-hydrogen) atoms. The summed E-state index contributed by atoms with van der Waals surface area (Å²) < 4.78 is 5.53. The first-order valence-electron chi connectivity index (χ1n) is 6.46. The Labute approximate surface area is 105 Å². The van der Waals surface area contributed by atoms with Crippen LogP contribution in [0.15, 0.2) is 12.1 Å². The van der Waals surface area contributed by atoms with E-state index in [4.69, 9.17) is 4.74 Å². The highest BCUT2D eigenvalue weighted by atomic mass is 16.5. The van der Waals surface area contributed by atoms with Gasteiger partial charge in [0.05, 0.1) is 7.11 Å². The molecule has 0 radical (unpaired) electrons. The number of hydrogen-bond donors (Lipinski definition) is 1. The number of aryl methyl sites for hydroxylation is 2. The van der Waals surface area contributed by atoms with Crippen molar-refractivity contribution in [2.24, 2.45) is 0 Å². The molecule has 2 nitrogen and oxygen atoms in total. The van der Waals surface area contributed by atoms with Crippen LogP contribution in [0.25, 0.3) is 0 Å². The van der Waals surface area contributed by atoms with Gasteiger partial charge in [-0.2, -0.15) is 0 Å². The molecule has 0 amide bonds. The Morgan fingerprint density at radius 1 is 1.29 bits per heavy atom. The fraction of sp³-hybridized carbons (Fsp3) is 0.600. The first-order valence-corrected chi connectivity index (χ1v) is 6.46. The number of rotatable bonds is 6. The van der Waals surface area contributed by atoms with Gasteiger partial charge in [0.25, 0.3) is 0 Å². The lowest BCUT2D eigenvalue weighted by molar-refractivity contribution is 0.396. The zero-order chi connectivity index (χ0) is 12.8. The summed E-state index contributed by atoms with van der Waals surface area (Å²) in [5.41, 5.74) is 3.89. The van der Waals surface area contributed by atoms with Crippen LogP contribution in [0.4, 0.5) is 0 Å². The molecule has 0 saturated carbocycles. The summed E-state index contributed by atoms with van der Waals surface area (Å²) in [5, 5.41) is 3.41. The Balaban J connectivity index is 3.08. The Morgan fingerprint density at radius 3 is 2.53 bits per heavy atom. The molecule has 0 aromatic heterocycles. The lowest BCUT2D eigenvalue weighted by Crippen LogP contribution is -2.18. The maximum atomic E-state index is 5.53.